The Kier molecular flexibility index (Phi) is 7.47. The summed E-state index contributed by atoms with van der Waals surface area (Å²) in [6.07, 6.45) is 0. The number of nitrogens with zero attached hydrogens (tertiary/aromatic N) is 1. The Balaban J connectivity index is 1.18. The summed E-state index contributed by atoms with van der Waals surface area (Å²) < 4.78 is 13.9. The predicted molar refractivity (Wildman–Crippen MR) is 220 cm³/mol. The Morgan fingerprint density at radius 3 is 1.30 bits per heavy atom. The van der Waals surface area contributed by atoms with Crippen LogP contribution in [0.3, 0.4) is 0 Å². The lowest BCUT2D eigenvalue weighted by Gasteiger charge is -2.35. The Labute approximate surface area is 310 Å². The third kappa shape index (κ3) is 5.48. The van der Waals surface area contributed by atoms with E-state index in [1.807, 2.05) is 0 Å². The van der Waals surface area contributed by atoms with Crippen LogP contribution in [0.1, 0.15) is 5.56 Å². The minimum Gasteiger partial charge on any atom is -0.458 e. The van der Waals surface area contributed by atoms with E-state index >= 15 is 0 Å². The highest BCUT2D eigenvalue weighted by atomic mass is 16.5. The van der Waals surface area contributed by atoms with Crippen molar-refractivity contribution in [2.75, 3.05) is 4.90 Å². The fourth-order valence-corrected chi connectivity index (χ4v) is 7.89. The average Bonchev–Trinajstić information content (AvgIpc) is 3.22. The second-order valence-electron chi connectivity index (χ2n) is 13.8. The third-order valence-electron chi connectivity index (χ3n) is 10.5. The van der Waals surface area contributed by atoms with Crippen molar-refractivity contribution >= 4 is 40.2 Å². The Morgan fingerprint density at radius 2 is 0.811 bits per heavy atom. The van der Waals surface area contributed by atoms with Gasteiger partial charge >= 0.3 is 0 Å². The monoisotopic (exact) mass is 679 g/mol. The number of aryl methyl sites for hydroxylation is 1. The highest BCUT2D eigenvalue weighted by molar-refractivity contribution is 6.98. The fourth-order valence-electron chi connectivity index (χ4n) is 7.89. The number of ether oxygens (including phenoxy) is 2. The van der Waals surface area contributed by atoms with E-state index in [0.717, 1.165) is 89.8 Å². The van der Waals surface area contributed by atoms with E-state index in [-0.39, 0.29) is 6.71 Å². The molecule has 2 heterocycles. The average molecular weight is 680 g/mol. The normalized spacial score (nSPS) is 12.1. The number of fused-ring (bicyclic) bond motifs is 4. The van der Waals surface area contributed by atoms with Gasteiger partial charge in [-0.3, -0.25) is 0 Å². The topological polar surface area (TPSA) is 21.7 Å². The van der Waals surface area contributed by atoms with Crippen molar-refractivity contribution in [2.24, 2.45) is 0 Å². The van der Waals surface area contributed by atoms with E-state index in [0.29, 0.717) is 0 Å². The van der Waals surface area contributed by atoms with Crippen LogP contribution in [0.2, 0.25) is 0 Å². The molecule has 0 aliphatic carbocycles. The summed E-state index contributed by atoms with van der Waals surface area (Å²) in [4.78, 5) is 2.33. The van der Waals surface area contributed by atoms with Gasteiger partial charge in [0, 0.05) is 29.0 Å². The largest absolute Gasteiger partial charge is 0.458 e. The quantitative estimate of drug-likeness (QED) is 0.163. The van der Waals surface area contributed by atoms with E-state index in [9.17, 15) is 0 Å². The molecule has 2 aliphatic heterocycles. The second kappa shape index (κ2) is 12.8. The first-order valence-electron chi connectivity index (χ1n) is 18.1. The predicted octanol–water partition coefficient (Wildman–Crippen LogP) is 11.2. The van der Waals surface area contributed by atoms with Gasteiger partial charge in [-0.2, -0.15) is 0 Å². The van der Waals surface area contributed by atoms with Crippen molar-refractivity contribution in [3.63, 3.8) is 0 Å². The fraction of sp³-hybridized carbons (Fsp3) is 0.0204. The first kappa shape index (κ1) is 31.0. The molecule has 0 atom stereocenters. The zero-order valence-corrected chi connectivity index (χ0v) is 29.2. The van der Waals surface area contributed by atoms with Gasteiger partial charge in [-0.15, -0.1) is 0 Å². The van der Waals surface area contributed by atoms with Gasteiger partial charge in [-0.1, -0.05) is 146 Å². The van der Waals surface area contributed by atoms with Crippen LogP contribution in [0.5, 0.6) is 23.0 Å². The van der Waals surface area contributed by atoms with Crippen molar-refractivity contribution in [1.29, 1.82) is 0 Å². The molecule has 0 bridgehead atoms. The molecule has 0 N–H and O–H groups in total. The van der Waals surface area contributed by atoms with Crippen LogP contribution < -0.4 is 30.8 Å². The maximum absolute atomic E-state index is 6.97. The molecule has 0 aromatic heterocycles. The molecular weight excluding hydrogens is 645 g/mol. The van der Waals surface area contributed by atoms with Gasteiger partial charge in [0.2, 0.25) is 0 Å². The van der Waals surface area contributed by atoms with Crippen LogP contribution in [0, 0.1) is 6.92 Å². The first-order chi connectivity index (χ1) is 26.2. The number of hydrogen-bond acceptors (Lipinski definition) is 3. The molecule has 0 saturated carbocycles. The lowest BCUT2D eigenvalue weighted by molar-refractivity contribution is 0.465. The molecule has 0 unspecified atom stereocenters. The van der Waals surface area contributed by atoms with E-state index in [2.05, 4.69) is 200 Å². The zero-order chi connectivity index (χ0) is 35.3. The van der Waals surface area contributed by atoms with Crippen LogP contribution in [-0.4, -0.2) is 6.71 Å². The van der Waals surface area contributed by atoms with Gasteiger partial charge in [0.25, 0.3) is 6.71 Å². The molecule has 0 saturated heterocycles. The minimum absolute atomic E-state index is 0.0514. The van der Waals surface area contributed by atoms with E-state index in [1.165, 1.54) is 5.56 Å². The second-order valence-corrected chi connectivity index (χ2v) is 13.8. The first-order valence-corrected chi connectivity index (χ1v) is 18.1. The molecule has 0 spiro atoms. The molecule has 10 rings (SSSR count). The molecule has 4 heteroatoms. The lowest BCUT2D eigenvalue weighted by Crippen LogP contribution is -2.57. The Hall–Kier alpha value is -6.78. The molecule has 0 amide bonds. The van der Waals surface area contributed by atoms with Crippen LogP contribution in [0.25, 0.3) is 33.4 Å². The summed E-state index contributed by atoms with van der Waals surface area (Å²) in [5.74, 6) is 3.33. The van der Waals surface area contributed by atoms with Crippen LogP contribution in [-0.2, 0) is 0 Å². The SMILES string of the molecule is Cc1ccc(-c2ccccc2)cc1N(c1ccccc1)c1cc2c3c(c1)Oc1cc(-c4ccccc4)ccc1B3c1ccc(-c3ccccc3)cc1O2. The third-order valence-corrected chi connectivity index (χ3v) is 10.5. The summed E-state index contributed by atoms with van der Waals surface area (Å²) >= 11 is 0. The van der Waals surface area contributed by atoms with Crippen molar-refractivity contribution in [3.05, 3.63) is 194 Å². The number of rotatable bonds is 6. The summed E-state index contributed by atoms with van der Waals surface area (Å²) in [6.45, 7) is 2.12. The maximum Gasteiger partial charge on any atom is 0.260 e. The van der Waals surface area contributed by atoms with Gasteiger partial charge < -0.3 is 14.4 Å². The van der Waals surface area contributed by atoms with Crippen molar-refractivity contribution in [3.8, 4) is 56.4 Å². The molecular formula is C49H34BNO2. The molecule has 3 nitrogen and oxygen atoms in total. The molecule has 250 valence electrons. The number of para-hydroxylation sites is 1. The smallest absolute Gasteiger partial charge is 0.260 e. The van der Waals surface area contributed by atoms with Crippen LogP contribution in [0.4, 0.5) is 17.1 Å². The van der Waals surface area contributed by atoms with Crippen LogP contribution in [0.15, 0.2) is 188 Å². The zero-order valence-electron chi connectivity index (χ0n) is 29.2. The van der Waals surface area contributed by atoms with Gasteiger partial charge in [0.1, 0.15) is 23.0 Å². The van der Waals surface area contributed by atoms with Gasteiger partial charge in [0.15, 0.2) is 0 Å². The molecule has 0 fully saturated rings. The standard InChI is InChI=1S/C49H34BNO2/c1-33-22-23-37(34-14-6-2-7-15-34)28-44(33)51(40-20-12-5-13-21-40)41-31-47-49-48(32-41)53-46-30-39(36-18-10-4-11-19-36)25-27-43(46)50(49)42-26-24-38(29-45(42)52-47)35-16-8-3-9-17-35/h2-32H,1H3. The highest BCUT2D eigenvalue weighted by Crippen LogP contribution is 2.45. The highest BCUT2D eigenvalue weighted by Gasteiger charge is 2.41. The van der Waals surface area contributed by atoms with E-state index in [4.69, 9.17) is 9.47 Å². The molecule has 0 radical (unpaired) electrons. The molecule has 53 heavy (non-hydrogen) atoms. The summed E-state index contributed by atoms with van der Waals surface area (Å²) in [7, 11) is 0. The Morgan fingerprint density at radius 1 is 0.377 bits per heavy atom. The number of benzene rings is 8. The minimum atomic E-state index is -0.0514. The number of hydrogen-bond donors (Lipinski definition) is 0. The van der Waals surface area contributed by atoms with E-state index in [1.54, 1.807) is 0 Å². The van der Waals surface area contributed by atoms with Gasteiger partial charge in [0.05, 0.1) is 5.69 Å². The maximum atomic E-state index is 6.97. The van der Waals surface area contributed by atoms with E-state index < -0.39 is 0 Å². The summed E-state index contributed by atoms with van der Waals surface area (Å²) in [6, 6.07) is 66.5. The van der Waals surface area contributed by atoms with Gasteiger partial charge in [-0.05, 0) is 87.1 Å². The van der Waals surface area contributed by atoms with Crippen molar-refractivity contribution in [1.82, 2.24) is 0 Å². The molecule has 8 aromatic rings. The van der Waals surface area contributed by atoms with Crippen LogP contribution >= 0.6 is 0 Å². The summed E-state index contributed by atoms with van der Waals surface area (Å²) in [5, 5.41) is 0. The van der Waals surface area contributed by atoms with Crippen molar-refractivity contribution < 1.29 is 9.47 Å². The molecule has 8 aromatic carbocycles. The van der Waals surface area contributed by atoms with Gasteiger partial charge in [-0.25, -0.2) is 0 Å². The summed E-state index contributed by atoms with van der Waals surface area (Å²) in [5.41, 5.74) is 14.5. The number of anilines is 3. The molecule has 2 aliphatic rings. The Bertz CT molecular complexity index is 2510. The lowest BCUT2D eigenvalue weighted by atomic mass is 9.34. The van der Waals surface area contributed by atoms with Crippen molar-refractivity contribution in [2.45, 2.75) is 6.92 Å².